The van der Waals surface area contributed by atoms with Crippen LogP contribution in [0.5, 0.6) is 0 Å². The summed E-state index contributed by atoms with van der Waals surface area (Å²) in [5.41, 5.74) is 0. The van der Waals surface area contributed by atoms with Gasteiger partial charge >= 0.3 is 5.97 Å². The standard InChI is InChI=1S/2C4H6O4.3H3N.H2O/c2*5-3(6)1-2-4(7)8;;;;/h2*1-2H2,(H,5,6)(H,7,8);3*1H3;1H2. The number of carboxylic acids is 4. The van der Waals surface area contributed by atoms with Crippen molar-refractivity contribution in [2.75, 3.05) is 0 Å². The molecule has 0 aromatic carbocycles. The van der Waals surface area contributed by atoms with E-state index in [1.54, 1.807) is 0 Å². The van der Waals surface area contributed by atoms with Gasteiger partial charge in [0, 0.05) is 17.9 Å². The maximum atomic E-state index is 9.61. The average molecular weight is 305 g/mol. The van der Waals surface area contributed by atoms with Gasteiger partial charge in [-0.1, -0.05) is 0 Å². The highest BCUT2D eigenvalue weighted by Gasteiger charge is 1.94. The van der Waals surface area contributed by atoms with Gasteiger partial charge in [0.15, 0.2) is 0 Å². The van der Waals surface area contributed by atoms with Gasteiger partial charge in [0.1, 0.15) is 0 Å². The van der Waals surface area contributed by atoms with Crippen molar-refractivity contribution >= 4 is 23.9 Å². The molecule has 124 valence electrons. The largest absolute Gasteiger partial charge is 0.550 e. The van der Waals surface area contributed by atoms with E-state index >= 15 is 0 Å². The topological polar surface area (TPSA) is 299 Å². The van der Waals surface area contributed by atoms with Crippen LogP contribution in [-0.2, 0) is 19.2 Å². The Labute approximate surface area is 114 Å². The molecule has 0 aliphatic carbocycles. The smallest absolute Gasteiger partial charge is 0.303 e. The predicted molar refractivity (Wildman–Crippen MR) is 62.7 cm³/mol. The van der Waals surface area contributed by atoms with E-state index in [1.807, 2.05) is 0 Å². The average Bonchev–Trinajstić information content (AvgIpc) is 2.12. The molecule has 0 saturated carbocycles. The molecule has 0 radical (unpaired) electrons. The minimum Gasteiger partial charge on any atom is -0.550 e. The van der Waals surface area contributed by atoms with Crippen molar-refractivity contribution in [2.24, 2.45) is 0 Å². The Morgan fingerprint density at radius 1 is 0.650 bits per heavy atom. The van der Waals surface area contributed by atoms with Crippen LogP contribution >= 0.6 is 0 Å². The van der Waals surface area contributed by atoms with Crippen LogP contribution in [0.2, 0.25) is 0 Å². The lowest BCUT2D eigenvalue weighted by atomic mass is 10.3. The van der Waals surface area contributed by atoms with E-state index in [0.29, 0.717) is 0 Å². The van der Waals surface area contributed by atoms with Crippen molar-refractivity contribution in [3.63, 3.8) is 0 Å². The molecule has 0 saturated heterocycles. The van der Waals surface area contributed by atoms with Crippen LogP contribution < -0.4 is 33.8 Å². The molecule has 0 aromatic rings. The fourth-order valence-corrected chi connectivity index (χ4v) is 0.413. The Hall–Kier alpha value is -2.28. The third kappa shape index (κ3) is 57.2. The second-order valence-electron chi connectivity index (χ2n) is 2.51. The van der Waals surface area contributed by atoms with Crippen LogP contribution in [0.4, 0.5) is 0 Å². The molecule has 0 rings (SSSR count). The van der Waals surface area contributed by atoms with Crippen LogP contribution in [0, 0.1) is 0 Å². The van der Waals surface area contributed by atoms with Gasteiger partial charge in [0.05, 0.1) is 6.42 Å². The number of carbonyl (C=O) groups is 4. The number of carbonyl (C=O) groups excluding carboxylic acids is 3. The molecule has 0 aliphatic heterocycles. The summed E-state index contributed by atoms with van der Waals surface area (Å²) >= 11 is 0. The van der Waals surface area contributed by atoms with Gasteiger partial charge in [-0.25, -0.2) is 0 Å². The van der Waals surface area contributed by atoms with E-state index in [2.05, 4.69) is 0 Å². The summed E-state index contributed by atoms with van der Waals surface area (Å²) < 4.78 is 0. The first-order chi connectivity index (χ1) is 7.25. The Balaban J connectivity index is -0.0000000408. The summed E-state index contributed by atoms with van der Waals surface area (Å²) in [5, 5.41) is 36.4. The fraction of sp³-hybridized carbons (Fsp3) is 0.500. The van der Waals surface area contributed by atoms with Crippen molar-refractivity contribution in [1.82, 2.24) is 18.5 Å². The first-order valence-corrected chi connectivity index (χ1v) is 4.07. The number of hydrogen-bond donors (Lipinski definition) is 4. The van der Waals surface area contributed by atoms with E-state index < -0.39 is 43.1 Å². The second kappa shape index (κ2) is 21.9. The van der Waals surface area contributed by atoms with Crippen LogP contribution in [0.3, 0.4) is 0 Å². The van der Waals surface area contributed by atoms with Gasteiger partial charge in [-0.3, -0.25) is 4.79 Å². The summed E-state index contributed by atoms with van der Waals surface area (Å²) in [6.07, 6.45) is -1.71. The summed E-state index contributed by atoms with van der Waals surface area (Å²) in [7, 11) is 0. The highest BCUT2D eigenvalue weighted by atomic mass is 16.4. The molecule has 12 heteroatoms. The zero-order chi connectivity index (χ0) is 13.1. The summed E-state index contributed by atoms with van der Waals surface area (Å²) in [4.78, 5) is 38.1. The molecule has 0 bridgehead atoms. The Morgan fingerprint density at radius 3 is 0.950 bits per heavy atom. The van der Waals surface area contributed by atoms with Gasteiger partial charge in [-0.2, -0.15) is 0 Å². The molecule has 0 fully saturated rings. The quantitative estimate of drug-likeness (QED) is 0.375. The monoisotopic (exact) mass is 305 g/mol. The maximum absolute atomic E-state index is 9.61. The van der Waals surface area contributed by atoms with Gasteiger partial charge < -0.3 is 58.7 Å². The lowest BCUT2D eigenvalue weighted by molar-refractivity contribution is -0.315. The number of carboxylic acid groups (broad SMARTS) is 4. The first kappa shape index (κ1) is 36.1. The minimum absolute atomic E-state index is 0. The van der Waals surface area contributed by atoms with Crippen LogP contribution in [0.15, 0.2) is 0 Å². The first-order valence-electron chi connectivity index (χ1n) is 4.07. The number of aliphatic carboxylic acids is 4. The van der Waals surface area contributed by atoms with Crippen molar-refractivity contribution in [2.45, 2.75) is 25.7 Å². The van der Waals surface area contributed by atoms with Crippen LogP contribution in [-0.4, -0.2) is 34.5 Å². The molecular formula is C8H23N3O9. The highest BCUT2D eigenvalue weighted by molar-refractivity contribution is 5.74. The molecule has 12 nitrogen and oxygen atoms in total. The van der Waals surface area contributed by atoms with Gasteiger partial charge in [0.2, 0.25) is 0 Å². The van der Waals surface area contributed by atoms with Gasteiger partial charge in [-0.05, 0) is 19.3 Å². The third-order valence-corrected chi connectivity index (χ3v) is 1.08. The van der Waals surface area contributed by atoms with E-state index in [4.69, 9.17) is 5.11 Å². The zero-order valence-corrected chi connectivity index (χ0v) is 11.6. The van der Waals surface area contributed by atoms with Crippen molar-refractivity contribution in [3.8, 4) is 0 Å². The lowest BCUT2D eigenvalue weighted by Gasteiger charge is -2.00. The molecule has 0 heterocycles. The summed E-state index contributed by atoms with van der Waals surface area (Å²) in [5.74, 6) is -5.18. The number of hydrogen-bond acceptors (Lipinski definition) is 7. The van der Waals surface area contributed by atoms with E-state index in [0.717, 1.165) is 0 Å². The number of rotatable bonds is 6. The van der Waals surface area contributed by atoms with Gasteiger partial charge in [-0.15, -0.1) is 0 Å². The van der Waals surface area contributed by atoms with Crippen molar-refractivity contribution < 1.29 is 45.1 Å². The molecule has 20 heavy (non-hydrogen) atoms. The van der Waals surface area contributed by atoms with Crippen LogP contribution in [0.1, 0.15) is 25.7 Å². The minimum atomic E-state index is -1.37. The normalized spacial score (nSPS) is 6.80. The van der Waals surface area contributed by atoms with Crippen molar-refractivity contribution in [1.29, 1.82) is 0 Å². The van der Waals surface area contributed by atoms with E-state index in [9.17, 15) is 34.5 Å². The van der Waals surface area contributed by atoms with Gasteiger partial charge in [0.25, 0.3) is 0 Å². The molecule has 15 N–H and O–H groups in total. The number of quaternary nitrogens is 3. The SMILES string of the molecule is O.O=C([O-])CCC(=O)O.O=C([O-])CCC(=O)[O-].[NH4+].[NH4+].[NH4+]. The zero-order valence-electron chi connectivity index (χ0n) is 11.6. The Bertz CT molecular complexity index is 226. The molecule has 0 aromatic heterocycles. The highest BCUT2D eigenvalue weighted by Crippen LogP contribution is 1.83. The lowest BCUT2D eigenvalue weighted by Crippen LogP contribution is -2.27. The Kier molecular flexibility index (Phi) is 39.6. The third-order valence-electron chi connectivity index (χ3n) is 1.08. The molecule has 0 aliphatic rings. The molecule has 0 spiro atoms. The van der Waals surface area contributed by atoms with Crippen molar-refractivity contribution in [3.05, 3.63) is 0 Å². The van der Waals surface area contributed by atoms with Crippen LogP contribution in [0.25, 0.3) is 0 Å². The predicted octanol–water partition coefficient (Wildman–Crippen LogP) is -3.83. The van der Waals surface area contributed by atoms with E-state index in [-0.39, 0.29) is 30.3 Å². The molecule has 0 unspecified atom stereocenters. The second-order valence-corrected chi connectivity index (χ2v) is 2.51. The molecule has 0 amide bonds. The molecular weight excluding hydrogens is 282 g/mol. The maximum Gasteiger partial charge on any atom is 0.303 e. The molecule has 0 atom stereocenters. The Morgan fingerprint density at radius 2 is 0.850 bits per heavy atom. The fourth-order valence-electron chi connectivity index (χ4n) is 0.413. The van der Waals surface area contributed by atoms with E-state index in [1.165, 1.54) is 0 Å². The summed E-state index contributed by atoms with van der Waals surface area (Å²) in [6, 6.07) is 0. The summed E-state index contributed by atoms with van der Waals surface area (Å²) in [6.45, 7) is 0.